The Morgan fingerprint density at radius 3 is 2.86 bits per heavy atom. The molecule has 1 atom stereocenters. The van der Waals surface area contributed by atoms with Gasteiger partial charge in [0.05, 0.1) is 18.7 Å². The van der Waals surface area contributed by atoms with Gasteiger partial charge in [0.1, 0.15) is 5.82 Å². The van der Waals surface area contributed by atoms with Gasteiger partial charge in [-0.2, -0.15) is 0 Å². The third-order valence-corrected chi connectivity index (χ3v) is 3.59. The van der Waals surface area contributed by atoms with E-state index in [0.717, 1.165) is 4.47 Å². The maximum absolute atomic E-state index is 12.7. The van der Waals surface area contributed by atoms with E-state index in [1.54, 1.807) is 22.1 Å². The number of pyridine rings is 1. The molecule has 1 aromatic heterocycles. The van der Waals surface area contributed by atoms with Gasteiger partial charge >= 0.3 is 0 Å². The highest BCUT2D eigenvalue weighted by Gasteiger charge is 2.30. The normalized spacial score (nSPS) is 18.4. The Kier molecular flexibility index (Phi) is 4.79. The zero-order chi connectivity index (χ0) is 15.6. The minimum Gasteiger partial charge on any atom is -0.367 e. The molecule has 7 nitrogen and oxygen atoms in total. The number of anilines is 1. The van der Waals surface area contributed by atoms with Crippen molar-refractivity contribution in [3.8, 4) is 0 Å². The molecule has 0 radical (unpaired) electrons. The molecule has 1 aliphatic heterocycles. The van der Waals surface area contributed by atoms with Crippen molar-refractivity contribution in [2.45, 2.75) is 6.10 Å². The van der Waals surface area contributed by atoms with E-state index in [1.807, 2.05) is 14.1 Å². The van der Waals surface area contributed by atoms with Gasteiger partial charge in [-0.1, -0.05) is 0 Å². The Hall–Kier alpha value is -1.67. The van der Waals surface area contributed by atoms with Crippen LogP contribution in [0.1, 0.15) is 10.4 Å². The van der Waals surface area contributed by atoms with Gasteiger partial charge in [-0.25, -0.2) is 4.98 Å². The maximum atomic E-state index is 12.7. The van der Waals surface area contributed by atoms with E-state index in [1.165, 1.54) is 0 Å². The first-order valence-corrected chi connectivity index (χ1v) is 7.22. The first-order chi connectivity index (χ1) is 9.90. The second-order valence-corrected chi connectivity index (χ2v) is 5.85. The fraction of sp³-hybridized carbons (Fsp3) is 0.462. The zero-order valence-electron chi connectivity index (χ0n) is 11.9. The van der Waals surface area contributed by atoms with E-state index in [0.29, 0.717) is 17.9 Å². The molecule has 0 bridgehead atoms. The highest BCUT2D eigenvalue weighted by atomic mass is 79.9. The number of hydrogen-bond acceptors (Lipinski definition) is 5. The molecule has 1 saturated heterocycles. The summed E-state index contributed by atoms with van der Waals surface area (Å²) < 4.78 is 5.97. The number of hydrogen-bond donors (Lipinski definition) is 1. The minimum absolute atomic E-state index is 0.160. The highest BCUT2D eigenvalue weighted by molar-refractivity contribution is 9.10. The third-order valence-electron chi connectivity index (χ3n) is 3.16. The molecule has 0 saturated carbocycles. The Morgan fingerprint density at radius 1 is 1.52 bits per heavy atom. The molecule has 2 N–H and O–H groups in total. The van der Waals surface area contributed by atoms with Gasteiger partial charge in [0.2, 0.25) is 5.91 Å². The van der Waals surface area contributed by atoms with Crippen LogP contribution in [0.25, 0.3) is 0 Å². The Balaban J connectivity index is 2.27. The van der Waals surface area contributed by atoms with Gasteiger partial charge in [0.15, 0.2) is 6.10 Å². The van der Waals surface area contributed by atoms with Gasteiger partial charge in [-0.3, -0.25) is 9.59 Å². The Labute approximate surface area is 131 Å². The average Bonchev–Trinajstić information content (AvgIpc) is 2.46. The van der Waals surface area contributed by atoms with Crippen molar-refractivity contribution in [1.82, 2.24) is 9.88 Å². The minimum atomic E-state index is -0.759. The van der Waals surface area contributed by atoms with Crippen molar-refractivity contribution in [3.63, 3.8) is 0 Å². The number of amides is 2. The molecule has 0 aromatic carbocycles. The van der Waals surface area contributed by atoms with Crippen molar-refractivity contribution < 1.29 is 14.3 Å². The van der Waals surface area contributed by atoms with Gasteiger partial charge in [0.25, 0.3) is 5.91 Å². The molecule has 1 aromatic rings. The van der Waals surface area contributed by atoms with Crippen LogP contribution in [-0.2, 0) is 9.53 Å². The predicted octanol–water partition coefficient (Wildman–Crippen LogP) is 0.236. The van der Waals surface area contributed by atoms with Crippen molar-refractivity contribution >= 4 is 33.6 Å². The number of primary amides is 1. The number of carbonyl (C=O) groups is 2. The first kappa shape index (κ1) is 15.7. The van der Waals surface area contributed by atoms with Crippen molar-refractivity contribution in [2.75, 3.05) is 38.7 Å². The van der Waals surface area contributed by atoms with Gasteiger partial charge in [-0.15, -0.1) is 0 Å². The summed E-state index contributed by atoms with van der Waals surface area (Å²) in [6.07, 6.45) is 0.878. The molecule has 2 heterocycles. The Bertz CT molecular complexity index is 564. The largest absolute Gasteiger partial charge is 0.367 e. The van der Waals surface area contributed by atoms with Gasteiger partial charge < -0.3 is 20.3 Å². The number of carbonyl (C=O) groups excluding carboxylic acids is 2. The first-order valence-electron chi connectivity index (χ1n) is 6.43. The fourth-order valence-electron chi connectivity index (χ4n) is 2.12. The number of nitrogens with two attached hydrogens (primary N) is 1. The molecule has 21 heavy (non-hydrogen) atoms. The summed E-state index contributed by atoms with van der Waals surface area (Å²) in [6.45, 7) is 0.869. The number of nitrogens with zero attached hydrogens (tertiary/aromatic N) is 3. The average molecular weight is 357 g/mol. The van der Waals surface area contributed by atoms with Crippen LogP contribution in [0.5, 0.6) is 0 Å². The predicted molar refractivity (Wildman–Crippen MR) is 81.1 cm³/mol. The van der Waals surface area contributed by atoms with Crippen LogP contribution in [-0.4, -0.2) is 61.6 Å². The molecule has 0 spiro atoms. The summed E-state index contributed by atoms with van der Waals surface area (Å²) >= 11 is 3.32. The van der Waals surface area contributed by atoms with Crippen LogP contribution < -0.4 is 10.6 Å². The lowest BCUT2D eigenvalue weighted by Gasteiger charge is -2.32. The molecular formula is C13H17BrN4O3. The van der Waals surface area contributed by atoms with E-state index in [-0.39, 0.29) is 19.1 Å². The summed E-state index contributed by atoms with van der Waals surface area (Å²) in [4.78, 5) is 31.5. The molecule has 114 valence electrons. The smallest absolute Gasteiger partial charge is 0.257 e. The lowest BCUT2D eigenvalue weighted by atomic mass is 10.2. The molecular weight excluding hydrogens is 340 g/mol. The van der Waals surface area contributed by atoms with E-state index in [9.17, 15) is 9.59 Å². The van der Waals surface area contributed by atoms with Crippen molar-refractivity contribution in [3.05, 3.63) is 22.3 Å². The zero-order valence-corrected chi connectivity index (χ0v) is 13.5. The molecule has 2 rings (SSSR count). The van der Waals surface area contributed by atoms with Gasteiger partial charge in [-0.05, 0) is 22.0 Å². The number of rotatable bonds is 3. The van der Waals surface area contributed by atoms with Crippen LogP contribution in [0.3, 0.4) is 0 Å². The SMILES string of the molecule is CN(C)c1ncc(Br)cc1C(=O)N1CCOC(C(N)=O)C1. The Morgan fingerprint density at radius 2 is 2.24 bits per heavy atom. The molecule has 1 aliphatic rings. The summed E-state index contributed by atoms with van der Waals surface area (Å²) in [5.74, 6) is -0.180. The van der Waals surface area contributed by atoms with E-state index < -0.39 is 12.0 Å². The van der Waals surface area contributed by atoms with E-state index in [2.05, 4.69) is 20.9 Å². The van der Waals surface area contributed by atoms with E-state index >= 15 is 0 Å². The summed E-state index contributed by atoms with van der Waals surface area (Å²) in [5.41, 5.74) is 5.71. The number of halogens is 1. The summed E-state index contributed by atoms with van der Waals surface area (Å²) in [5, 5.41) is 0. The number of morpholine rings is 1. The highest BCUT2D eigenvalue weighted by Crippen LogP contribution is 2.22. The summed E-state index contributed by atoms with van der Waals surface area (Å²) in [7, 11) is 3.64. The number of ether oxygens (including phenoxy) is 1. The fourth-order valence-corrected chi connectivity index (χ4v) is 2.45. The lowest BCUT2D eigenvalue weighted by molar-refractivity contribution is -0.133. The number of aromatic nitrogens is 1. The topological polar surface area (TPSA) is 88.8 Å². The molecule has 0 aliphatic carbocycles. The molecule has 2 amide bonds. The third kappa shape index (κ3) is 3.51. The maximum Gasteiger partial charge on any atom is 0.257 e. The molecule has 1 unspecified atom stereocenters. The van der Waals surface area contributed by atoms with Crippen LogP contribution in [0.2, 0.25) is 0 Å². The monoisotopic (exact) mass is 356 g/mol. The van der Waals surface area contributed by atoms with Crippen LogP contribution in [0, 0.1) is 0 Å². The van der Waals surface area contributed by atoms with Crippen LogP contribution in [0.15, 0.2) is 16.7 Å². The van der Waals surface area contributed by atoms with E-state index in [4.69, 9.17) is 10.5 Å². The van der Waals surface area contributed by atoms with Crippen LogP contribution in [0.4, 0.5) is 5.82 Å². The lowest BCUT2D eigenvalue weighted by Crippen LogP contribution is -2.50. The van der Waals surface area contributed by atoms with Crippen LogP contribution >= 0.6 is 15.9 Å². The quantitative estimate of drug-likeness (QED) is 0.837. The molecule has 1 fully saturated rings. The van der Waals surface area contributed by atoms with Crippen molar-refractivity contribution in [1.29, 1.82) is 0 Å². The van der Waals surface area contributed by atoms with Gasteiger partial charge in [0, 0.05) is 31.3 Å². The van der Waals surface area contributed by atoms with Crippen molar-refractivity contribution in [2.24, 2.45) is 5.73 Å². The summed E-state index contributed by atoms with van der Waals surface area (Å²) in [6, 6.07) is 1.72. The second-order valence-electron chi connectivity index (χ2n) is 4.93. The second kappa shape index (κ2) is 6.40. The standard InChI is InChI=1S/C13H17BrN4O3/c1-17(2)12-9(5-8(14)6-16-12)13(20)18-3-4-21-10(7-18)11(15)19/h5-6,10H,3-4,7H2,1-2H3,(H2,15,19). The molecule has 8 heteroatoms.